The summed E-state index contributed by atoms with van der Waals surface area (Å²) in [4.78, 5) is 15.1. The van der Waals surface area contributed by atoms with Gasteiger partial charge in [-0.3, -0.25) is 4.79 Å². The monoisotopic (exact) mass is 281 g/mol. The van der Waals surface area contributed by atoms with Crippen LogP contribution in [-0.4, -0.2) is 22.0 Å². The average Bonchev–Trinajstić information content (AvgIpc) is 2.66. The van der Waals surface area contributed by atoms with Gasteiger partial charge < -0.3 is 14.9 Å². The van der Waals surface area contributed by atoms with E-state index in [0.29, 0.717) is 9.79 Å². The second kappa shape index (κ2) is 4.40. The Labute approximate surface area is 114 Å². The van der Waals surface area contributed by atoms with Crippen molar-refractivity contribution >= 4 is 40.8 Å². The number of imidazole rings is 1. The number of amides is 1. The molecule has 1 unspecified atom stereocenters. The molecule has 0 bridgehead atoms. The molecule has 0 aliphatic carbocycles. The predicted octanol–water partition coefficient (Wildman–Crippen LogP) is 2.80. The van der Waals surface area contributed by atoms with E-state index in [1.54, 1.807) is 6.07 Å². The zero-order valence-electron chi connectivity index (χ0n) is 9.57. The van der Waals surface area contributed by atoms with Crippen molar-refractivity contribution < 1.29 is 4.79 Å². The first-order valence-corrected chi connectivity index (χ1v) is 6.63. The van der Waals surface area contributed by atoms with Crippen molar-refractivity contribution in [2.75, 3.05) is 6.54 Å². The van der Waals surface area contributed by atoms with Crippen molar-refractivity contribution in [3.8, 4) is 0 Å². The van der Waals surface area contributed by atoms with Gasteiger partial charge in [0.15, 0.2) is 4.77 Å². The minimum Gasteiger partial charge on any atom is -0.354 e. The summed E-state index contributed by atoms with van der Waals surface area (Å²) in [6.07, 6.45) is 1.77. The molecule has 2 aromatic rings. The topological polar surface area (TPSA) is 49.8 Å². The number of aromatic nitrogens is 2. The summed E-state index contributed by atoms with van der Waals surface area (Å²) in [5, 5.41) is 3.51. The van der Waals surface area contributed by atoms with Crippen LogP contribution in [0.3, 0.4) is 0 Å². The van der Waals surface area contributed by atoms with Gasteiger partial charge in [0, 0.05) is 11.6 Å². The van der Waals surface area contributed by atoms with E-state index < -0.39 is 0 Å². The molecule has 0 spiro atoms. The van der Waals surface area contributed by atoms with Gasteiger partial charge in [0.2, 0.25) is 5.91 Å². The third-order valence-corrected chi connectivity index (χ3v) is 3.78. The molecule has 1 aliphatic heterocycles. The second-order valence-electron chi connectivity index (χ2n) is 4.41. The van der Waals surface area contributed by atoms with E-state index in [1.807, 2.05) is 16.7 Å². The van der Waals surface area contributed by atoms with E-state index in [2.05, 4.69) is 10.3 Å². The molecule has 0 saturated carbocycles. The maximum Gasteiger partial charge on any atom is 0.243 e. The van der Waals surface area contributed by atoms with Gasteiger partial charge in [-0.2, -0.15) is 0 Å². The van der Waals surface area contributed by atoms with Gasteiger partial charge in [-0.15, -0.1) is 0 Å². The molecule has 94 valence electrons. The zero-order chi connectivity index (χ0) is 12.7. The quantitative estimate of drug-likeness (QED) is 0.790. The standard InChI is InChI=1S/C12H12ClN3OS/c13-7-3-4-8-10(6-7)16(12(18)15-8)9-2-1-5-14-11(9)17/h3-4,6,9H,1-2,5H2,(H,14,17)(H,15,18). The summed E-state index contributed by atoms with van der Waals surface area (Å²) < 4.78 is 2.43. The van der Waals surface area contributed by atoms with E-state index in [4.69, 9.17) is 23.8 Å². The van der Waals surface area contributed by atoms with Crippen molar-refractivity contribution in [2.24, 2.45) is 0 Å². The number of piperidine rings is 1. The summed E-state index contributed by atoms with van der Waals surface area (Å²) in [5.41, 5.74) is 1.79. The van der Waals surface area contributed by atoms with Crippen molar-refractivity contribution in [1.82, 2.24) is 14.9 Å². The molecule has 1 atom stereocenters. The molecule has 1 fully saturated rings. The SMILES string of the molecule is O=C1NCCCC1n1c(=S)[nH]c2ccc(Cl)cc21. The molecule has 1 saturated heterocycles. The van der Waals surface area contributed by atoms with Crippen LogP contribution >= 0.6 is 23.8 Å². The van der Waals surface area contributed by atoms with Gasteiger partial charge in [-0.05, 0) is 43.3 Å². The lowest BCUT2D eigenvalue weighted by molar-refractivity contribution is -0.125. The molecular formula is C12H12ClN3OS. The van der Waals surface area contributed by atoms with Crippen molar-refractivity contribution in [2.45, 2.75) is 18.9 Å². The van der Waals surface area contributed by atoms with Crippen molar-refractivity contribution in [3.63, 3.8) is 0 Å². The Morgan fingerprint density at radius 1 is 1.44 bits per heavy atom. The normalized spacial score (nSPS) is 20.1. The van der Waals surface area contributed by atoms with Gasteiger partial charge in [0.05, 0.1) is 11.0 Å². The molecule has 1 aromatic heterocycles. The number of nitrogens with one attached hydrogen (secondary N) is 2. The molecule has 3 rings (SSSR count). The fourth-order valence-corrected chi connectivity index (χ4v) is 2.91. The molecule has 4 nitrogen and oxygen atoms in total. The fraction of sp³-hybridized carbons (Fsp3) is 0.333. The number of benzene rings is 1. The van der Waals surface area contributed by atoms with Gasteiger partial charge in [-0.25, -0.2) is 0 Å². The Bertz CT molecular complexity index is 676. The smallest absolute Gasteiger partial charge is 0.243 e. The summed E-state index contributed by atoms with van der Waals surface area (Å²) in [6, 6.07) is 5.29. The first-order valence-electron chi connectivity index (χ1n) is 5.84. The third-order valence-electron chi connectivity index (χ3n) is 3.25. The number of halogens is 1. The lowest BCUT2D eigenvalue weighted by Gasteiger charge is -2.23. The Hall–Kier alpha value is -1.33. The number of fused-ring (bicyclic) bond motifs is 1. The molecule has 2 N–H and O–H groups in total. The first kappa shape index (κ1) is 11.7. The third kappa shape index (κ3) is 1.83. The van der Waals surface area contributed by atoms with Gasteiger partial charge in [0.1, 0.15) is 6.04 Å². The molecule has 6 heteroatoms. The number of hydrogen-bond acceptors (Lipinski definition) is 2. The van der Waals surface area contributed by atoms with Gasteiger partial charge >= 0.3 is 0 Å². The van der Waals surface area contributed by atoms with E-state index in [0.717, 1.165) is 30.4 Å². The number of H-pyrrole nitrogens is 1. The van der Waals surface area contributed by atoms with Crippen LogP contribution in [0.15, 0.2) is 18.2 Å². The summed E-state index contributed by atoms with van der Waals surface area (Å²) in [5.74, 6) is 0.0261. The zero-order valence-corrected chi connectivity index (χ0v) is 11.1. The molecule has 18 heavy (non-hydrogen) atoms. The molecule has 1 amide bonds. The summed E-state index contributed by atoms with van der Waals surface area (Å²) >= 11 is 11.3. The highest BCUT2D eigenvalue weighted by atomic mass is 35.5. The van der Waals surface area contributed by atoms with Gasteiger partial charge in [-0.1, -0.05) is 11.6 Å². The van der Waals surface area contributed by atoms with Crippen LogP contribution in [0.1, 0.15) is 18.9 Å². The van der Waals surface area contributed by atoms with Crippen LogP contribution in [0.4, 0.5) is 0 Å². The van der Waals surface area contributed by atoms with Crippen LogP contribution in [0.5, 0.6) is 0 Å². The average molecular weight is 282 g/mol. The number of aromatic amines is 1. The highest BCUT2D eigenvalue weighted by Gasteiger charge is 2.25. The number of hydrogen-bond donors (Lipinski definition) is 2. The number of carbonyl (C=O) groups is 1. The molecule has 1 aromatic carbocycles. The van der Waals surface area contributed by atoms with Crippen LogP contribution in [-0.2, 0) is 4.79 Å². The number of rotatable bonds is 1. The maximum atomic E-state index is 11.9. The summed E-state index contributed by atoms with van der Waals surface area (Å²) in [6.45, 7) is 0.742. The Morgan fingerprint density at radius 2 is 2.28 bits per heavy atom. The Morgan fingerprint density at radius 3 is 3.06 bits per heavy atom. The lowest BCUT2D eigenvalue weighted by atomic mass is 10.1. The van der Waals surface area contributed by atoms with E-state index in [1.165, 1.54) is 0 Å². The molecule has 0 radical (unpaired) electrons. The van der Waals surface area contributed by atoms with E-state index in [9.17, 15) is 4.79 Å². The summed E-state index contributed by atoms with van der Waals surface area (Å²) in [7, 11) is 0. The van der Waals surface area contributed by atoms with Gasteiger partial charge in [0.25, 0.3) is 0 Å². The minimum atomic E-state index is -0.238. The van der Waals surface area contributed by atoms with Crippen LogP contribution < -0.4 is 5.32 Å². The number of nitrogens with zero attached hydrogens (tertiary/aromatic N) is 1. The van der Waals surface area contributed by atoms with Crippen LogP contribution in [0, 0.1) is 4.77 Å². The Balaban J connectivity index is 2.21. The second-order valence-corrected chi connectivity index (χ2v) is 5.23. The minimum absolute atomic E-state index is 0.0261. The lowest BCUT2D eigenvalue weighted by Crippen LogP contribution is -2.37. The van der Waals surface area contributed by atoms with Crippen LogP contribution in [0.2, 0.25) is 5.02 Å². The Kier molecular flexibility index (Phi) is 2.87. The molecule has 1 aliphatic rings. The molecular weight excluding hydrogens is 270 g/mol. The first-order chi connectivity index (χ1) is 8.66. The predicted molar refractivity (Wildman–Crippen MR) is 73.4 cm³/mol. The van der Waals surface area contributed by atoms with Crippen molar-refractivity contribution in [3.05, 3.63) is 28.0 Å². The molecule has 2 heterocycles. The highest BCUT2D eigenvalue weighted by Crippen LogP contribution is 2.26. The maximum absolute atomic E-state index is 11.9. The number of carbonyl (C=O) groups excluding carboxylic acids is 1. The fourth-order valence-electron chi connectivity index (χ4n) is 2.41. The van der Waals surface area contributed by atoms with E-state index in [-0.39, 0.29) is 11.9 Å². The van der Waals surface area contributed by atoms with Crippen LogP contribution in [0.25, 0.3) is 11.0 Å². The van der Waals surface area contributed by atoms with Crippen molar-refractivity contribution in [1.29, 1.82) is 0 Å². The largest absolute Gasteiger partial charge is 0.354 e. The highest BCUT2D eigenvalue weighted by molar-refractivity contribution is 7.71. The van der Waals surface area contributed by atoms with E-state index >= 15 is 0 Å².